The number of ether oxygens (including phenoxy) is 3. The number of carbonyl (C=O) groups is 1. The number of rotatable bonds is 7. The van der Waals surface area contributed by atoms with E-state index in [1.807, 2.05) is 25.1 Å². The van der Waals surface area contributed by atoms with E-state index in [1.165, 1.54) is 18.4 Å². The third-order valence-corrected chi connectivity index (χ3v) is 5.82. The molecule has 0 N–H and O–H groups in total. The van der Waals surface area contributed by atoms with Gasteiger partial charge in [0.1, 0.15) is 16.8 Å². The van der Waals surface area contributed by atoms with Gasteiger partial charge in [0, 0.05) is 19.9 Å². The first-order valence-electron chi connectivity index (χ1n) is 9.64. The van der Waals surface area contributed by atoms with E-state index >= 15 is 0 Å². The number of anilines is 1. The maximum Gasteiger partial charge on any atom is 0.267 e. The van der Waals surface area contributed by atoms with Crippen LogP contribution in [0.15, 0.2) is 24.4 Å². The summed E-state index contributed by atoms with van der Waals surface area (Å²) in [6, 6.07) is 5.82. The minimum atomic E-state index is -0.206. The molecule has 3 aromatic rings. The van der Waals surface area contributed by atoms with Crippen LogP contribution in [0.5, 0.6) is 11.6 Å². The molecule has 0 spiro atoms. The fourth-order valence-corrected chi connectivity index (χ4v) is 4.44. The van der Waals surface area contributed by atoms with Crippen molar-refractivity contribution in [3.63, 3.8) is 0 Å². The maximum absolute atomic E-state index is 13.5. The molecule has 29 heavy (non-hydrogen) atoms. The Morgan fingerprint density at radius 3 is 3.03 bits per heavy atom. The lowest BCUT2D eigenvalue weighted by molar-refractivity contribution is 0.0915. The van der Waals surface area contributed by atoms with Crippen LogP contribution in [-0.4, -0.2) is 53.6 Å². The molecule has 1 aliphatic heterocycles. The van der Waals surface area contributed by atoms with Gasteiger partial charge < -0.3 is 14.2 Å². The fourth-order valence-electron chi connectivity index (χ4n) is 3.45. The molecule has 1 aliphatic rings. The zero-order valence-corrected chi connectivity index (χ0v) is 17.6. The van der Waals surface area contributed by atoms with Crippen LogP contribution in [0.4, 0.5) is 5.13 Å². The van der Waals surface area contributed by atoms with Gasteiger partial charge in [-0.1, -0.05) is 17.4 Å². The summed E-state index contributed by atoms with van der Waals surface area (Å²) in [5.74, 6) is 0.810. The molecule has 4 rings (SSSR count). The van der Waals surface area contributed by atoms with E-state index in [0.29, 0.717) is 29.7 Å². The molecule has 9 heteroatoms. The second-order valence-corrected chi connectivity index (χ2v) is 7.82. The van der Waals surface area contributed by atoms with Crippen LogP contribution >= 0.6 is 11.3 Å². The van der Waals surface area contributed by atoms with Gasteiger partial charge in [-0.2, -0.15) is 0 Å². The minimum Gasteiger partial charge on any atom is -0.492 e. The Hall–Kier alpha value is -2.65. The van der Waals surface area contributed by atoms with Gasteiger partial charge in [0.05, 0.1) is 31.1 Å². The number of hydrogen-bond donors (Lipinski definition) is 0. The summed E-state index contributed by atoms with van der Waals surface area (Å²) in [7, 11) is 3.27. The highest BCUT2D eigenvalue weighted by atomic mass is 32.1. The number of para-hydroxylation sites is 1. The summed E-state index contributed by atoms with van der Waals surface area (Å²) < 4.78 is 19.4. The molecule has 1 fully saturated rings. The molecule has 0 radical (unpaired) electrons. The average Bonchev–Trinajstić information content (AvgIpc) is 3.45. The van der Waals surface area contributed by atoms with E-state index in [0.717, 1.165) is 35.4 Å². The number of methoxy groups -OCH3 is 1. The van der Waals surface area contributed by atoms with Crippen molar-refractivity contribution in [1.82, 2.24) is 14.8 Å². The first-order valence-corrected chi connectivity index (χ1v) is 10.5. The van der Waals surface area contributed by atoms with Crippen molar-refractivity contribution in [2.75, 3.05) is 31.8 Å². The van der Waals surface area contributed by atoms with E-state index in [9.17, 15) is 4.79 Å². The van der Waals surface area contributed by atoms with Crippen molar-refractivity contribution in [2.45, 2.75) is 25.9 Å². The molecule has 2 aromatic heterocycles. The molecule has 0 aliphatic carbocycles. The highest BCUT2D eigenvalue weighted by Gasteiger charge is 2.30. The monoisotopic (exact) mass is 416 g/mol. The number of aryl methyl sites for hydroxylation is 1. The van der Waals surface area contributed by atoms with Gasteiger partial charge in [-0.05, 0) is 31.9 Å². The number of aromatic nitrogens is 3. The molecule has 1 aromatic carbocycles. The molecule has 8 nitrogen and oxygen atoms in total. The molecule has 154 valence electrons. The predicted molar refractivity (Wildman–Crippen MR) is 111 cm³/mol. The number of thiazole rings is 1. The van der Waals surface area contributed by atoms with E-state index in [4.69, 9.17) is 19.2 Å². The van der Waals surface area contributed by atoms with Crippen LogP contribution in [0.2, 0.25) is 0 Å². The molecule has 0 bridgehead atoms. The lowest BCUT2D eigenvalue weighted by atomic mass is 10.2. The molecule has 1 unspecified atom stereocenters. The molecule has 0 saturated carbocycles. The second-order valence-electron chi connectivity index (χ2n) is 6.81. The van der Waals surface area contributed by atoms with Gasteiger partial charge >= 0.3 is 0 Å². The Bertz CT molecular complexity index is 1010. The van der Waals surface area contributed by atoms with Crippen molar-refractivity contribution in [3.8, 4) is 11.6 Å². The number of fused-ring (bicyclic) bond motifs is 1. The maximum atomic E-state index is 13.5. The van der Waals surface area contributed by atoms with Gasteiger partial charge in [-0.25, -0.2) is 4.98 Å². The van der Waals surface area contributed by atoms with E-state index in [1.54, 1.807) is 22.8 Å². The number of carbonyl (C=O) groups excluding carboxylic acids is 1. The SMILES string of the molecule is CCOc1cccc2sc(N(CC3CCCO3)C(=O)c3cn(C)nc3OC)nc12. The second kappa shape index (κ2) is 8.38. The standard InChI is InChI=1S/C20H24N4O4S/c1-4-27-15-8-5-9-16-17(15)21-20(29-16)24(11-13-7-6-10-28-13)19(25)14-12-23(2)22-18(14)26-3/h5,8-9,12-13H,4,6-7,10-11H2,1-3H3. The lowest BCUT2D eigenvalue weighted by Crippen LogP contribution is -2.37. The zero-order chi connectivity index (χ0) is 20.4. The summed E-state index contributed by atoms with van der Waals surface area (Å²) >= 11 is 1.46. The molecular weight excluding hydrogens is 392 g/mol. The Morgan fingerprint density at radius 1 is 1.45 bits per heavy atom. The molecule has 3 heterocycles. The van der Waals surface area contributed by atoms with Gasteiger partial charge in [0.25, 0.3) is 5.91 Å². The topological polar surface area (TPSA) is 78.7 Å². The van der Waals surface area contributed by atoms with Crippen LogP contribution in [0.1, 0.15) is 30.1 Å². The van der Waals surface area contributed by atoms with Gasteiger partial charge in [0.2, 0.25) is 5.88 Å². The van der Waals surface area contributed by atoms with E-state index in [2.05, 4.69) is 5.10 Å². The Morgan fingerprint density at radius 2 is 2.31 bits per heavy atom. The largest absolute Gasteiger partial charge is 0.492 e. The Balaban J connectivity index is 1.75. The number of amides is 1. The normalized spacial score (nSPS) is 16.3. The van der Waals surface area contributed by atoms with E-state index in [-0.39, 0.29) is 12.0 Å². The third-order valence-electron chi connectivity index (χ3n) is 4.78. The molecule has 1 saturated heterocycles. The van der Waals surface area contributed by atoms with Gasteiger partial charge in [-0.3, -0.25) is 14.4 Å². The average molecular weight is 417 g/mol. The van der Waals surface area contributed by atoms with Crippen LogP contribution < -0.4 is 14.4 Å². The summed E-state index contributed by atoms with van der Waals surface area (Å²) in [4.78, 5) is 19.9. The highest BCUT2D eigenvalue weighted by molar-refractivity contribution is 7.22. The van der Waals surface area contributed by atoms with Crippen molar-refractivity contribution >= 4 is 32.6 Å². The predicted octanol–water partition coefficient (Wildman–Crippen LogP) is 3.26. The first kappa shape index (κ1) is 19.7. The van der Waals surface area contributed by atoms with E-state index < -0.39 is 0 Å². The molecular formula is C20H24N4O4S. The minimum absolute atomic E-state index is 0.0139. The quantitative estimate of drug-likeness (QED) is 0.588. The van der Waals surface area contributed by atoms with Crippen molar-refractivity contribution in [1.29, 1.82) is 0 Å². The number of hydrogen-bond acceptors (Lipinski definition) is 7. The molecule has 1 atom stereocenters. The zero-order valence-electron chi connectivity index (χ0n) is 16.8. The van der Waals surface area contributed by atoms with Crippen molar-refractivity contribution in [2.24, 2.45) is 7.05 Å². The molecule has 1 amide bonds. The summed E-state index contributed by atoms with van der Waals surface area (Å²) in [5, 5.41) is 4.83. The lowest BCUT2D eigenvalue weighted by Gasteiger charge is -2.22. The van der Waals surface area contributed by atoms with Crippen molar-refractivity contribution < 1.29 is 19.0 Å². The summed E-state index contributed by atoms with van der Waals surface area (Å²) in [6.45, 7) is 3.64. The van der Waals surface area contributed by atoms with Gasteiger partial charge in [-0.15, -0.1) is 5.10 Å². The highest BCUT2D eigenvalue weighted by Crippen LogP contribution is 2.36. The van der Waals surface area contributed by atoms with Crippen molar-refractivity contribution in [3.05, 3.63) is 30.0 Å². The smallest absolute Gasteiger partial charge is 0.267 e. The Labute approximate surface area is 173 Å². The van der Waals surface area contributed by atoms with Crippen LogP contribution in [-0.2, 0) is 11.8 Å². The third kappa shape index (κ3) is 3.92. The van der Waals surface area contributed by atoms with Crippen LogP contribution in [0, 0.1) is 0 Å². The number of nitrogens with zero attached hydrogens (tertiary/aromatic N) is 4. The summed E-state index contributed by atoms with van der Waals surface area (Å²) in [6.07, 6.45) is 3.57. The number of benzene rings is 1. The Kier molecular flexibility index (Phi) is 5.68. The summed E-state index contributed by atoms with van der Waals surface area (Å²) in [5.41, 5.74) is 1.16. The van der Waals surface area contributed by atoms with Crippen LogP contribution in [0.3, 0.4) is 0 Å². The fraction of sp³-hybridized carbons (Fsp3) is 0.450. The van der Waals surface area contributed by atoms with Gasteiger partial charge in [0.15, 0.2) is 5.13 Å². The first-order chi connectivity index (χ1) is 14.1. The van der Waals surface area contributed by atoms with Crippen LogP contribution in [0.25, 0.3) is 10.2 Å².